The Balaban J connectivity index is 2.06. The van der Waals surface area contributed by atoms with E-state index in [1.807, 2.05) is 13.0 Å². The Labute approximate surface area is 139 Å². The van der Waals surface area contributed by atoms with Crippen LogP contribution >= 0.6 is 45.8 Å². The van der Waals surface area contributed by atoms with Crippen LogP contribution in [0.15, 0.2) is 24.3 Å². The fourth-order valence-corrected chi connectivity index (χ4v) is 2.40. The highest BCUT2D eigenvalue weighted by atomic mass is 127. The third kappa shape index (κ3) is 4.19. The predicted octanol–water partition coefficient (Wildman–Crippen LogP) is 4.34. The number of nitrogens with zero attached hydrogens (tertiary/aromatic N) is 2. The molecule has 5 nitrogen and oxygen atoms in total. The molecular weight excluding hydrogens is 414 g/mol. The maximum Gasteiger partial charge on any atom is 0.326 e. The van der Waals surface area contributed by atoms with Gasteiger partial charge in [0.25, 0.3) is 0 Å². The van der Waals surface area contributed by atoms with Gasteiger partial charge < -0.3 is 5.32 Å². The Hall–Kier alpha value is -1.12. The van der Waals surface area contributed by atoms with E-state index in [9.17, 15) is 4.79 Å². The highest BCUT2D eigenvalue weighted by Gasteiger charge is 2.07. The minimum absolute atomic E-state index is 0.243. The largest absolute Gasteiger partial charge is 0.326 e. The van der Waals surface area contributed by atoms with Crippen molar-refractivity contribution >= 4 is 63.5 Å². The molecule has 104 valence electrons. The van der Waals surface area contributed by atoms with Crippen molar-refractivity contribution in [2.45, 2.75) is 6.92 Å². The van der Waals surface area contributed by atoms with Gasteiger partial charge in [0.2, 0.25) is 5.95 Å². The molecule has 1 heterocycles. The molecule has 2 aromatic rings. The van der Waals surface area contributed by atoms with E-state index in [2.05, 4.69) is 43.2 Å². The molecule has 0 aliphatic carbocycles. The summed E-state index contributed by atoms with van der Waals surface area (Å²) in [5, 5.41) is 5.97. The maximum absolute atomic E-state index is 11.8. The third-order valence-electron chi connectivity index (χ3n) is 2.23. The Morgan fingerprint density at radius 3 is 2.55 bits per heavy atom. The monoisotopic (exact) mass is 422 g/mol. The van der Waals surface area contributed by atoms with E-state index in [0.29, 0.717) is 15.7 Å². The van der Waals surface area contributed by atoms with Crippen molar-refractivity contribution in [2.75, 3.05) is 10.6 Å². The second-order valence-electron chi connectivity index (χ2n) is 3.86. The van der Waals surface area contributed by atoms with E-state index in [-0.39, 0.29) is 5.95 Å². The summed E-state index contributed by atoms with van der Waals surface area (Å²) in [6, 6.07) is 6.16. The lowest BCUT2D eigenvalue weighted by atomic mass is 10.3. The van der Waals surface area contributed by atoms with Gasteiger partial charge in [0, 0.05) is 11.4 Å². The summed E-state index contributed by atoms with van der Waals surface area (Å²) in [6.07, 6.45) is 0. The molecule has 0 atom stereocenters. The van der Waals surface area contributed by atoms with E-state index in [0.717, 1.165) is 9.39 Å². The Kier molecular flexibility index (Phi) is 5.00. The molecule has 2 amide bonds. The number of aromatic nitrogens is 2. The number of rotatable bonds is 2. The first-order valence-electron chi connectivity index (χ1n) is 5.48. The second kappa shape index (κ2) is 6.55. The lowest BCUT2D eigenvalue weighted by molar-refractivity contribution is 0.262. The predicted molar refractivity (Wildman–Crippen MR) is 88.6 cm³/mol. The molecule has 20 heavy (non-hydrogen) atoms. The highest BCUT2D eigenvalue weighted by Crippen LogP contribution is 2.25. The van der Waals surface area contributed by atoms with E-state index < -0.39 is 6.03 Å². The minimum Gasteiger partial charge on any atom is -0.308 e. The molecule has 8 heteroatoms. The summed E-state index contributed by atoms with van der Waals surface area (Å²) in [5.41, 5.74) is 1.30. The number of amides is 2. The van der Waals surface area contributed by atoms with Crippen molar-refractivity contribution in [1.29, 1.82) is 0 Å². The van der Waals surface area contributed by atoms with Crippen LogP contribution in [-0.4, -0.2) is 16.0 Å². The lowest BCUT2D eigenvalue weighted by Gasteiger charge is -2.08. The molecule has 0 fully saturated rings. The molecule has 2 N–H and O–H groups in total. The zero-order valence-corrected chi connectivity index (χ0v) is 13.9. The molecule has 1 aromatic heterocycles. The number of urea groups is 1. The average molecular weight is 423 g/mol. The highest BCUT2D eigenvalue weighted by molar-refractivity contribution is 14.1. The fourth-order valence-electron chi connectivity index (χ4n) is 1.42. The van der Waals surface area contributed by atoms with Crippen LogP contribution in [0.4, 0.5) is 16.4 Å². The average Bonchev–Trinajstić information content (AvgIpc) is 2.32. The van der Waals surface area contributed by atoms with Crippen LogP contribution in [0.1, 0.15) is 5.69 Å². The number of carbonyl (C=O) groups excluding carboxylic acids is 1. The lowest BCUT2D eigenvalue weighted by Crippen LogP contribution is -2.21. The van der Waals surface area contributed by atoms with Gasteiger partial charge in [-0.25, -0.2) is 14.8 Å². The summed E-state index contributed by atoms with van der Waals surface area (Å²) in [7, 11) is 0. The minimum atomic E-state index is -0.454. The Bertz CT molecular complexity index is 646. The van der Waals surface area contributed by atoms with Crippen molar-refractivity contribution < 1.29 is 4.79 Å². The van der Waals surface area contributed by atoms with Crippen molar-refractivity contribution in [1.82, 2.24) is 9.97 Å². The number of benzene rings is 1. The van der Waals surface area contributed by atoms with Gasteiger partial charge in [-0.2, -0.15) is 0 Å². The first-order valence-corrected chi connectivity index (χ1v) is 7.32. The fraction of sp³-hybridized carbons (Fsp3) is 0.0833. The zero-order chi connectivity index (χ0) is 14.7. The number of hydrogen-bond donors (Lipinski definition) is 2. The summed E-state index contributed by atoms with van der Waals surface area (Å²) >= 11 is 13.7. The van der Waals surface area contributed by atoms with Gasteiger partial charge in [0.05, 0.1) is 10.0 Å². The molecule has 0 aliphatic rings. The number of hydrogen-bond acceptors (Lipinski definition) is 3. The second-order valence-corrected chi connectivity index (χ2v) is 5.78. The van der Waals surface area contributed by atoms with Gasteiger partial charge >= 0.3 is 6.03 Å². The number of halogens is 3. The first-order chi connectivity index (χ1) is 9.44. The SMILES string of the molecule is Cc1cc(I)nc(NC(=O)Nc2ccc(Cl)c(Cl)c2)n1. The summed E-state index contributed by atoms with van der Waals surface area (Å²) in [6.45, 7) is 1.83. The summed E-state index contributed by atoms with van der Waals surface area (Å²) in [5.74, 6) is 0.243. The topological polar surface area (TPSA) is 66.9 Å². The zero-order valence-electron chi connectivity index (χ0n) is 10.2. The van der Waals surface area contributed by atoms with Gasteiger partial charge in [-0.15, -0.1) is 0 Å². The van der Waals surface area contributed by atoms with Crippen molar-refractivity contribution in [3.63, 3.8) is 0 Å². The molecular formula is C12H9Cl2IN4O. The molecule has 2 rings (SSSR count). The molecule has 0 aliphatic heterocycles. The standard InChI is InChI=1S/C12H9Cl2IN4O/c1-6-4-10(15)18-11(16-6)19-12(20)17-7-2-3-8(13)9(14)5-7/h2-5H,1H3,(H2,16,17,18,19,20). The van der Waals surface area contributed by atoms with E-state index in [1.54, 1.807) is 18.2 Å². The van der Waals surface area contributed by atoms with Gasteiger partial charge in [-0.1, -0.05) is 23.2 Å². The molecule has 0 saturated carbocycles. The maximum atomic E-state index is 11.8. The van der Waals surface area contributed by atoms with E-state index >= 15 is 0 Å². The smallest absolute Gasteiger partial charge is 0.308 e. The molecule has 0 spiro atoms. The van der Waals surface area contributed by atoms with Crippen molar-refractivity contribution in [3.05, 3.63) is 43.7 Å². The summed E-state index contributed by atoms with van der Waals surface area (Å²) in [4.78, 5) is 20.0. The normalized spacial score (nSPS) is 10.2. The van der Waals surface area contributed by atoms with Gasteiger partial charge in [-0.3, -0.25) is 5.32 Å². The van der Waals surface area contributed by atoms with Crippen molar-refractivity contribution in [3.8, 4) is 0 Å². The van der Waals surface area contributed by atoms with Gasteiger partial charge in [0.1, 0.15) is 3.70 Å². The van der Waals surface area contributed by atoms with E-state index in [4.69, 9.17) is 23.2 Å². The third-order valence-corrected chi connectivity index (χ3v) is 3.52. The van der Waals surface area contributed by atoms with Crippen LogP contribution in [0.2, 0.25) is 10.0 Å². The number of carbonyl (C=O) groups is 1. The van der Waals surface area contributed by atoms with Crippen molar-refractivity contribution in [2.24, 2.45) is 0 Å². The van der Waals surface area contributed by atoms with Crippen LogP contribution in [0.25, 0.3) is 0 Å². The van der Waals surface area contributed by atoms with Crippen LogP contribution in [-0.2, 0) is 0 Å². The number of nitrogens with one attached hydrogen (secondary N) is 2. The molecule has 1 aromatic carbocycles. The van der Waals surface area contributed by atoms with E-state index in [1.165, 1.54) is 0 Å². The molecule has 0 radical (unpaired) electrons. The molecule has 0 saturated heterocycles. The van der Waals surface area contributed by atoms with Crippen LogP contribution in [0, 0.1) is 10.6 Å². The quantitative estimate of drug-likeness (QED) is 0.558. The van der Waals surface area contributed by atoms with Crippen LogP contribution < -0.4 is 10.6 Å². The number of anilines is 2. The van der Waals surface area contributed by atoms with Gasteiger partial charge in [0.15, 0.2) is 0 Å². The first kappa shape index (κ1) is 15.3. The Morgan fingerprint density at radius 2 is 1.90 bits per heavy atom. The van der Waals surface area contributed by atoms with Crippen LogP contribution in [0.3, 0.4) is 0 Å². The van der Waals surface area contributed by atoms with Gasteiger partial charge in [-0.05, 0) is 53.8 Å². The molecule has 0 bridgehead atoms. The Morgan fingerprint density at radius 1 is 1.15 bits per heavy atom. The molecule has 0 unspecified atom stereocenters. The number of aryl methyl sites for hydroxylation is 1. The summed E-state index contributed by atoms with van der Waals surface area (Å²) < 4.78 is 0.750. The van der Waals surface area contributed by atoms with Crippen LogP contribution in [0.5, 0.6) is 0 Å².